The average Bonchev–Trinajstić information content (AvgIpc) is 2.53. The molecule has 2 aromatic carbocycles. The predicted octanol–water partition coefficient (Wildman–Crippen LogP) is 4.29. The van der Waals surface area contributed by atoms with Crippen molar-refractivity contribution in [3.8, 4) is 11.5 Å². The molecule has 0 aromatic heterocycles. The Balaban J connectivity index is 1.78. The summed E-state index contributed by atoms with van der Waals surface area (Å²) in [6, 6.07) is 10.6. The van der Waals surface area contributed by atoms with Crippen LogP contribution in [0, 0.1) is 0 Å². The number of rotatable bonds is 7. The number of amides is 1. The molecule has 0 unspecified atom stereocenters. The van der Waals surface area contributed by atoms with Crippen molar-refractivity contribution in [3.05, 3.63) is 58.1 Å². The van der Waals surface area contributed by atoms with Crippen molar-refractivity contribution >= 4 is 29.1 Å². The number of nitrogens with one attached hydrogen (secondary N) is 1. The van der Waals surface area contributed by atoms with Crippen molar-refractivity contribution < 1.29 is 23.0 Å². The Hall–Kier alpha value is -2.05. The van der Waals surface area contributed by atoms with Gasteiger partial charge in [0.05, 0.1) is 5.02 Å². The molecule has 24 heavy (non-hydrogen) atoms. The minimum atomic E-state index is -2.87. The van der Waals surface area contributed by atoms with Gasteiger partial charge in [0.25, 0.3) is 5.91 Å². The van der Waals surface area contributed by atoms with E-state index in [2.05, 4.69) is 10.1 Å². The van der Waals surface area contributed by atoms with E-state index in [0.717, 1.165) is 5.56 Å². The highest BCUT2D eigenvalue weighted by molar-refractivity contribution is 6.35. The molecule has 0 aliphatic rings. The van der Waals surface area contributed by atoms with Crippen LogP contribution in [-0.4, -0.2) is 19.1 Å². The maximum Gasteiger partial charge on any atom is 0.387 e. The Morgan fingerprint density at radius 3 is 2.46 bits per heavy atom. The summed E-state index contributed by atoms with van der Waals surface area (Å²) in [6.45, 7) is -2.85. The second-order valence-corrected chi connectivity index (χ2v) is 5.51. The molecule has 1 amide bonds. The molecule has 0 saturated carbocycles. The number of carbonyl (C=O) groups excluding carboxylic acids is 1. The van der Waals surface area contributed by atoms with Crippen molar-refractivity contribution in [3.63, 3.8) is 0 Å². The second-order valence-electron chi connectivity index (χ2n) is 4.66. The van der Waals surface area contributed by atoms with E-state index in [9.17, 15) is 13.6 Å². The molecule has 128 valence electrons. The summed E-state index contributed by atoms with van der Waals surface area (Å²) in [6.07, 6.45) is 0. The van der Waals surface area contributed by atoms with Crippen molar-refractivity contribution in [2.24, 2.45) is 0 Å². The summed E-state index contributed by atoms with van der Waals surface area (Å²) in [5.74, 6) is 0.0550. The number of hydrogen-bond acceptors (Lipinski definition) is 3. The van der Waals surface area contributed by atoms with Gasteiger partial charge >= 0.3 is 6.61 Å². The molecule has 0 heterocycles. The summed E-state index contributed by atoms with van der Waals surface area (Å²) in [5.41, 5.74) is 0.731. The van der Waals surface area contributed by atoms with Crippen LogP contribution in [0.5, 0.6) is 11.5 Å². The molecule has 0 bridgehead atoms. The lowest BCUT2D eigenvalue weighted by molar-refractivity contribution is -0.123. The minimum Gasteiger partial charge on any atom is -0.482 e. The summed E-state index contributed by atoms with van der Waals surface area (Å²) in [5, 5.41) is 3.42. The molecule has 0 radical (unpaired) electrons. The standard InChI is InChI=1S/C16H13Cl2F2NO3/c17-11-3-6-14(13(18)7-11)23-9-15(22)21-8-10-1-4-12(5-2-10)24-16(19)20/h1-7,16H,8-9H2,(H,21,22). The van der Waals surface area contributed by atoms with Crippen LogP contribution in [0.15, 0.2) is 42.5 Å². The Morgan fingerprint density at radius 2 is 1.83 bits per heavy atom. The molecule has 0 fully saturated rings. The van der Waals surface area contributed by atoms with Crippen LogP contribution >= 0.6 is 23.2 Å². The van der Waals surface area contributed by atoms with Gasteiger partial charge in [-0.15, -0.1) is 0 Å². The highest BCUT2D eigenvalue weighted by Gasteiger charge is 2.07. The van der Waals surface area contributed by atoms with Gasteiger partial charge < -0.3 is 14.8 Å². The number of benzene rings is 2. The molecule has 2 rings (SSSR count). The first-order chi connectivity index (χ1) is 11.4. The van der Waals surface area contributed by atoms with Crippen molar-refractivity contribution in [2.45, 2.75) is 13.2 Å². The van der Waals surface area contributed by atoms with E-state index in [0.29, 0.717) is 15.8 Å². The molecular weight excluding hydrogens is 363 g/mol. The summed E-state index contributed by atoms with van der Waals surface area (Å²) < 4.78 is 33.6. The van der Waals surface area contributed by atoms with Crippen LogP contribution in [0.1, 0.15) is 5.56 Å². The van der Waals surface area contributed by atoms with Crippen LogP contribution in [0.4, 0.5) is 8.78 Å². The first-order valence-corrected chi connectivity index (χ1v) is 7.58. The van der Waals surface area contributed by atoms with E-state index < -0.39 is 6.61 Å². The van der Waals surface area contributed by atoms with Gasteiger partial charge in [-0.05, 0) is 35.9 Å². The second kappa shape index (κ2) is 8.70. The number of hydrogen-bond donors (Lipinski definition) is 1. The SMILES string of the molecule is O=C(COc1ccc(Cl)cc1Cl)NCc1ccc(OC(F)F)cc1. The monoisotopic (exact) mass is 375 g/mol. The average molecular weight is 376 g/mol. The molecule has 1 N–H and O–H groups in total. The van der Waals surface area contributed by atoms with Crippen LogP contribution in [-0.2, 0) is 11.3 Å². The first-order valence-electron chi connectivity index (χ1n) is 6.82. The van der Waals surface area contributed by atoms with E-state index in [1.54, 1.807) is 24.3 Å². The Labute approximate surface area is 147 Å². The van der Waals surface area contributed by atoms with E-state index in [-0.39, 0.29) is 24.8 Å². The quantitative estimate of drug-likeness (QED) is 0.784. The van der Waals surface area contributed by atoms with E-state index >= 15 is 0 Å². The normalized spacial score (nSPS) is 10.5. The Kier molecular flexibility index (Phi) is 6.63. The predicted molar refractivity (Wildman–Crippen MR) is 86.9 cm³/mol. The molecule has 4 nitrogen and oxygen atoms in total. The van der Waals surface area contributed by atoms with Gasteiger partial charge in [-0.25, -0.2) is 0 Å². The van der Waals surface area contributed by atoms with Gasteiger partial charge in [-0.2, -0.15) is 8.78 Å². The summed E-state index contributed by atoms with van der Waals surface area (Å²) in [7, 11) is 0. The number of alkyl halides is 2. The first kappa shape index (κ1) is 18.3. The summed E-state index contributed by atoms with van der Waals surface area (Å²) in [4.78, 5) is 11.8. The van der Waals surface area contributed by atoms with Crippen molar-refractivity contribution in [2.75, 3.05) is 6.61 Å². The molecule has 0 atom stereocenters. The number of ether oxygens (including phenoxy) is 2. The van der Waals surface area contributed by atoms with Crippen LogP contribution < -0.4 is 14.8 Å². The van der Waals surface area contributed by atoms with Gasteiger partial charge in [0, 0.05) is 11.6 Å². The Bertz CT molecular complexity index is 696. The highest BCUT2D eigenvalue weighted by Crippen LogP contribution is 2.27. The molecule has 0 spiro atoms. The molecule has 8 heteroatoms. The fraction of sp³-hybridized carbons (Fsp3) is 0.188. The molecule has 0 aliphatic carbocycles. The van der Waals surface area contributed by atoms with Crippen LogP contribution in [0.2, 0.25) is 10.0 Å². The topological polar surface area (TPSA) is 47.6 Å². The third kappa shape index (κ3) is 5.86. The Morgan fingerprint density at radius 1 is 1.12 bits per heavy atom. The lowest BCUT2D eigenvalue weighted by Crippen LogP contribution is -2.28. The van der Waals surface area contributed by atoms with E-state index in [1.165, 1.54) is 18.2 Å². The number of carbonyl (C=O) groups is 1. The number of halogens is 4. The van der Waals surface area contributed by atoms with Gasteiger partial charge in [0.1, 0.15) is 11.5 Å². The zero-order valence-electron chi connectivity index (χ0n) is 12.3. The zero-order valence-corrected chi connectivity index (χ0v) is 13.8. The highest BCUT2D eigenvalue weighted by atomic mass is 35.5. The largest absolute Gasteiger partial charge is 0.482 e. The third-order valence-corrected chi connectivity index (χ3v) is 3.42. The van der Waals surface area contributed by atoms with Crippen molar-refractivity contribution in [1.29, 1.82) is 0 Å². The van der Waals surface area contributed by atoms with Gasteiger partial charge in [-0.3, -0.25) is 4.79 Å². The maximum absolute atomic E-state index is 12.0. The lowest BCUT2D eigenvalue weighted by Gasteiger charge is -2.09. The van der Waals surface area contributed by atoms with Crippen molar-refractivity contribution in [1.82, 2.24) is 5.32 Å². The summed E-state index contributed by atoms with van der Waals surface area (Å²) >= 11 is 11.7. The van der Waals surface area contributed by atoms with Gasteiger partial charge in [0.2, 0.25) is 0 Å². The van der Waals surface area contributed by atoms with Gasteiger partial charge in [-0.1, -0.05) is 35.3 Å². The maximum atomic E-state index is 12.0. The fourth-order valence-electron chi connectivity index (χ4n) is 1.78. The zero-order chi connectivity index (χ0) is 17.5. The molecule has 0 saturated heterocycles. The third-order valence-electron chi connectivity index (χ3n) is 2.89. The van der Waals surface area contributed by atoms with E-state index in [4.69, 9.17) is 27.9 Å². The smallest absolute Gasteiger partial charge is 0.387 e. The van der Waals surface area contributed by atoms with Crippen LogP contribution in [0.3, 0.4) is 0 Å². The van der Waals surface area contributed by atoms with Gasteiger partial charge in [0.15, 0.2) is 6.61 Å². The molecule has 0 aliphatic heterocycles. The molecule has 2 aromatic rings. The van der Waals surface area contributed by atoms with E-state index in [1.807, 2.05) is 0 Å². The molecular formula is C16H13Cl2F2NO3. The minimum absolute atomic E-state index is 0.0563. The van der Waals surface area contributed by atoms with Crippen LogP contribution in [0.25, 0.3) is 0 Å². The lowest BCUT2D eigenvalue weighted by atomic mass is 10.2. The fourth-order valence-corrected chi connectivity index (χ4v) is 2.24.